The van der Waals surface area contributed by atoms with Crippen LogP contribution in [-0.4, -0.2) is 48.0 Å². The lowest BCUT2D eigenvalue weighted by atomic mass is 9.81. The maximum absolute atomic E-state index is 11.5. The highest BCUT2D eigenvalue weighted by molar-refractivity contribution is 5.88. The Hall–Kier alpha value is -2.88. The van der Waals surface area contributed by atoms with Crippen molar-refractivity contribution >= 4 is 11.7 Å². The average molecular weight is 393 g/mol. The number of aliphatic hydroxyl groups is 1. The van der Waals surface area contributed by atoms with E-state index >= 15 is 0 Å². The van der Waals surface area contributed by atoms with E-state index in [4.69, 9.17) is 5.11 Å². The summed E-state index contributed by atoms with van der Waals surface area (Å²) in [6.07, 6.45) is 2.66. The minimum Gasteiger partial charge on any atom is -0.478 e. The summed E-state index contributed by atoms with van der Waals surface area (Å²) in [7, 11) is 1.94. The van der Waals surface area contributed by atoms with E-state index in [1.807, 2.05) is 36.2 Å². The molecule has 1 unspecified atom stereocenters. The van der Waals surface area contributed by atoms with Crippen molar-refractivity contribution in [2.24, 2.45) is 0 Å². The van der Waals surface area contributed by atoms with Crippen molar-refractivity contribution in [2.75, 3.05) is 25.0 Å². The monoisotopic (exact) mass is 393 g/mol. The molecule has 152 valence electrons. The number of carbonyl (C=O) groups is 1. The Morgan fingerprint density at radius 1 is 1.21 bits per heavy atom. The van der Waals surface area contributed by atoms with E-state index in [0.29, 0.717) is 31.2 Å². The number of hydrogen-bond acceptors (Lipinski definition) is 5. The van der Waals surface area contributed by atoms with E-state index in [1.54, 1.807) is 24.3 Å². The molecule has 1 heterocycles. The molecule has 1 fully saturated rings. The summed E-state index contributed by atoms with van der Waals surface area (Å²) in [4.78, 5) is 13.2. The Balaban J connectivity index is 1.86. The number of aromatic carboxylic acids is 1. The maximum Gasteiger partial charge on any atom is 0.335 e. The quantitative estimate of drug-likeness (QED) is 0.669. The minimum atomic E-state index is -0.958. The first-order valence-corrected chi connectivity index (χ1v) is 9.92. The second-order valence-corrected chi connectivity index (χ2v) is 7.64. The third kappa shape index (κ3) is 4.76. The standard InChI is InChI=1S/C23H27N3O3/c1-26(20-9-6-18(7-10-20)22(27)28)21(23(29)12-14-25-15-13-23)11-8-17-4-2-3-5-19(17)16-24/h2-7,9-10,21,25,29H,8,11-15H2,1H3,(H,27,28). The first-order chi connectivity index (χ1) is 13.9. The number of carboxylic acids is 1. The number of nitriles is 1. The number of benzene rings is 2. The van der Waals surface area contributed by atoms with Crippen molar-refractivity contribution in [1.82, 2.24) is 5.32 Å². The number of likely N-dealkylation sites (N-methyl/N-ethyl adjacent to an activating group) is 1. The van der Waals surface area contributed by atoms with Gasteiger partial charge in [-0.2, -0.15) is 5.26 Å². The van der Waals surface area contributed by atoms with Crippen molar-refractivity contribution in [3.05, 3.63) is 65.2 Å². The van der Waals surface area contributed by atoms with Crippen LogP contribution in [0.15, 0.2) is 48.5 Å². The van der Waals surface area contributed by atoms with Gasteiger partial charge in [0.1, 0.15) is 0 Å². The fraction of sp³-hybridized carbons (Fsp3) is 0.391. The van der Waals surface area contributed by atoms with Gasteiger partial charge in [0.25, 0.3) is 0 Å². The Bertz CT molecular complexity index is 883. The zero-order valence-corrected chi connectivity index (χ0v) is 16.6. The van der Waals surface area contributed by atoms with Gasteiger partial charge in [-0.1, -0.05) is 18.2 Å². The molecule has 0 bridgehead atoms. The summed E-state index contributed by atoms with van der Waals surface area (Å²) in [5.41, 5.74) is 1.89. The third-order valence-electron chi connectivity index (χ3n) is 5.90. The lowest BCUT2D eigenvalue weighted by Crippen LogP contribution is -2.56. The zero-order valence-electron chi connectivity index (χ0n) is 16.6. The molecule has 1 atom stereocenters. The smallest absolute Gasteiger partial charge is 0.335 e. The summed E-state index contributed by atoms with van der Waals surface area (Å²) in [5, 5.41) is 33.3. The molecule has 3 rings (SSSR count). The Labute approximate surface area is 171 Å². The summed E-state index contributed by atoms with van der Waals surface area (Å²) >= 11 is 0. The molecule has 2 aromatic rings. The Morgan fingerprint density at radius 3 is 2.48 bits per heavy atom. The summed E-state index contributed by atoms with van der Waals surface area (Å²) in [5.74, 6) is -0.958. The maximum atomic E-state index is 11.5. The molecular formula is C23H27N3O3. The van der Waals surface area contributed by atoms with Crippen LogP contribution in [0, 0.1) is 11.3 Å². The van der Waals surface area contributed by atoms with Gasteiger partial charge in [0, 0.05) is 12.7 Å². The van der Waals surface area contributed by atoms with Crippen LogP contribution in [0.3, 0.4) is 0 Å². The highest BCUT2D eigenvalue weighted by Gasteiger charge is 2.40. The number of nitrogens with one attached hydrogen (secondary N) is 1. The van der Waals surface area contributed by atoms with E-state index in [-0.39, 0.29) is 11.6 Å². The number of rotatable bonds is 7. The molecule has 3 N–H and O–H groups in total. The molecule has 2 aromatic carbocycles. The topological polar surface area (TPSA) is 96.6 Å². The minimum absolute atomic E-state index is 0.160. The summed E-state index contributed by atoms with van der Waals surface area (Å²) in [6.45, 7) is 1.52. The molecule has 6 nitrogen and oxygen atoms in total. The van der Waals surface area contributed by atoms with Gasteiger partial charge in [-0.05, 0) is 74.7 Å². The third-order valence-corrected chi connectivity index (χ3v) is 5.90. The van der Waals surface area contributed by atoms with Crippen LogP contribution < -0.4 is 10.2 Å². The highest BCUT2D eigenvalue weighted by atomic mass is 16.4. The fourth-order valence-electron chi connectivity index (χ4n) is 4.17. The van der Waals surface area contributed by atoms with Gasteiger partial charge < -0.3 is 20.4 Å². The molecule has 6 heteroatoms. The van der Waals surface area contributed by atoms with Gasteiger partial charge in [0.2, 0.25) is 0 Å². The van der Waals surface area contributed by atoms with Crippen molar-refractivity contribution in [3.8, 4) is 6.07 Å². The van der Waals surface area contributed by atoms with Crippen LogP contribution in [0.2, 0.25) is 0 Å². The van der Waals surface area contributed by atoms with E-state index in [1.165, 1.54) is 0 Å². The lowest BCUT2D eigenvalue weighted by Gasteiger charge is -2.45. The predicted molar refractivity (Wildman–Crippen MR) is 112 cm³/mol. The number of carboxylic acid groups (broad SMARTS) is 1. The molecule has 0 saturated carbocycles. The lowest BCUT2D eigenvalue weighted by molar-refractivity contribution is -0.0167. The van der Waals surface area contributed by atoms with Crippen molar-refractivity contribution in [1.29, 1.82) is 5.26 Å². The Morgan fingerprint density at radius 2 is 1.86 bits per heavy atom. The van der Waals surface area contributed by atoms with Crippen molar-refractivity contribution in [3.63, 3.8) is 0 Å². The summed E-state index contributed by atoms with van der Waals surface area (Å²) in [6, 6.07) is 16.4. The van der Waals surface area contributed by atoms with Gasteiger partial charge in [0.05, 0.1) is 28.8 Å². The van der Waals surface area contributed by atoms with Crippen LogP contribution in [-0.2, 0) is 6.42 Å². The number of piperidine rings is 1. The zero-order chi connectivity index (χ0) is 20.9. The SMILES string of the molecule is CN(c1ccc(C(=O)O)cc1)C(CCc1ccccc1C#N)C1(O)CCNCC1. The van der Waals surface area contributed by atoms with E-state index < -0.39 is 11.6 Å². The normalized spacial score (nSPS) is 16.6. The largest absolute Gasteiger partial charge is 0.478 e. The van der Waals surface area contributed by atoms with Crippen LogP contribution >= 0.6 is 0 Å². The number of hydrogen-bond donors (Lipinski definition) is 3. The molecule has 0 aromatic heterocycles. The van der Waals surface area contributed by atoms with Crippen molar-refractivity contribution < 1.29 is 15.0 Å². The van der Waals surface area contributed by atoms with Crippen LogP contribution in [0.25, 0.3) is 0 Å². The van der Waals surface area contributed by atoms with Gasteiger partial charge >= 0.3 is 5.97 Å². The number of aryl methyl sites for hydroxylation is 1. The molecule has 0 amide bonds. The summed E-state index contributed by atoms with van der Waals surface area (Å²) < 4.78 is 0. The van der Waals surface area contributed by atoms with E-state index in [2.05, 4.69) is 11.4 Å². The molecule has 1 aliphatic rings. The van der Waals surface area contributed by atoms with Crippen LogP contribution in [0.4, 0.5) is 5.69 Å². The highest BCUT2D eigenvalue weighted by Crippen LogP contribution is 2.32. The van der Waals surface area contributed by atoms with E-state index in [9.17, 15) is 15.2 Å². The number of nitrogens with zero attached hydrogens (tertiary/aromatic N) is 2. The molecule has 29 heavy (non-hydrogen) atoms. The second kappa shape index (κ2) is 9.08. The van der Waals surface area contributed by atoms with Gasteiger partial charge in [-0.25, -0.2) is 4.79 Å². The molecule has 1 saturated heterocycles. The molecular weight excluding hydrogens is 366 g/mol. The first-order valence-electron chi connectivity index (χ1n) is 9.92. The first kappa shape index (κ1) is 20.8. The predicted octanol–water partition coefficient (Wildman–Crippen LogP) is 2.81. The van der Waals surface area contributed by atoms with E-state index in [0.717, 1.165) is 24.3 Å². The molecule has 0 aliphatic carbocycles. The second-order valence-electron chi connectivity index (χ2n) is 7.64. The molecule has 0 radical (unpaired) electrons. The van der Waals surface area contributed by atoms with Gasteiger partial charge in [-0.15, -0.1) is 0 Å². The fourth-order valence-corrected chi connectivity index (χ4v) is 4.17. The number of anilines is 1. The molecule has 0 spiro atoms. The van der Waals surface area contributed by atoms with Crippen LogP contribution in [0.5, 0.6) is 0 Å². The van der Waals surface area contributed by atoms with Gasteiger partial charge in [-0.3, -0.25) is 0 Å². The van der Waals surface area contributed by atoms with Crippen LogP contribution in [0.1, 0.15) is 40.7 Å². The van der Waals surface area contributed by atoms with Crippen molar-refractivity contribution in [2.45, 2.75) is 37.3 Å². The molecule has 1 aliphatic heterocycles. The average Bonchev–Trinajstić information content (AvgIpc) is 2.74. The van der Waals surface area contributed by atoms with Gasteiger partial charge in [0.15, 0.2) is 0 Å². The Kier molecular flexibility index (Phi) is 6.53.